The van der Waals surface area contributed by atoms with Gasteiger partial charge in [-0.3, -0.25) is 4.79 Å². The van der Waals surface area contributed by atoms with E-state index in [1.165, 1.54) is 4.90 Å². The van der Waals surface area contributed by atoms with Gasteiger partial charge in [-0.25, -0.2) is 0 Å². The molecule has 0 aliphatic rings. The van der Waals surface area contributed by atoms with Gasteiger partial charge in [0.05, 0.1) is 12.1 Å². The number of benzene rings is 1. The standard InChI is InChI=1S/C15H23NO3/c1-11-6-8-13(9-7-11)19-12(2)14(18)16(5)15(3,4)10-17/h6-9,12,17H,10H2,1-5H3. The number of carbonyl (C=O) groups excluding carboxylic acids is 1. The molecule has 1 atom stereocenters. The minimum atomic E-state index is -0.595. The summed E-state index contributed by atoms with van der Waals surface area (Å²) in [6, 6.07) is 7.56. The van der Waals surface area contributed by atoms with Crippen molar-refractivity contribution in [2.45, 2.75) is 39.3 Å². The van der Waals surface area contributed by atoms with E-state index in [0.29, 0.717) is 5.75 Å². The molecule has 0 radical (unpaired) electrons. The molecule has 1 unspecified atom stereocenters. The summed E-state index contributed by atoms with van der Waals surface area (Å²) in [7, 11) is 1.67. The third-order valence-electron chi connectivity index (χ3n) is 3.31. The van der Waals surface area contributed by atoms with Gasteiger partial charge in [-0.1, -0.05) is 17.7 Å². The van der Waals surface area contributed by atoms with E-state index in [0.717, 1.165) is 5.56 Å². The number of hydrogen-bond donors (Lipinski definition) is 1. The van der Waals surface area contributed by atoms with E-state index in [1.54, 1.807) is 14.0 Å². The van der Waals surface area contributed by atoms with Crippen molar-refractivity contribution >= 4 is 5.91 Å². The molecule has 1 rings (SSSR count). The molecule has 0 bridgehead atoms. The van der Waals surface area contributed by atoms with Crippen LogP contribution in [-0.4, -0.2) is 41.2 Å². The molecule has 0 heterocycles. The van der Waals surface area contributed by atoms with Crippen LogP contribution in [0.4, 0.5) is 0 Å². The molecule has 1 aromatic rings. The monoisotopic (exact) mass is 265 g/mol. The first kappa shape index (κ1) is 15.5. The van der Waals surface area contributed by atoms with Gasteiger partial charge in [0.25, 0.3) is 5.91 Å². The highest BCUT2D eigenvalue weighted by atomic mass is 16.5. The minimum absolute atomic E-state index is 0.0908. The molecular weight excluding hydrogens is 242 g/mol. The third-order valence-corrected chi connectivity index (χ3v) is 3.31. The van der Waals surface area contributed by atoms with Gasteiger partial charge in [-0.2, -0.15) is 0 Å². The smallest absolute Gasteiger partial charge is 0.263 e. The largest absolute Gasteiger partial charge is 0.481 e. The lowest BCUT2D eigenvalue weighted by molar-refractivity contribution is -0.142. The Bertz CT molecular complexity index is 426. The molecule has 0 saturated heterocycles. The number of carbonyl (C=O) groups is 1. The van der Waals surface area contributed by atoms with E-state index in [4.69, 9.17) is 4.74 Å². The number of amides is 1. The predicted molar refractivity (Wildman–Crippen MR) is 75.2 cm³/mol. The zero-order chi connectivity index (χ0) is 14.6. The average Bonchev–Trinajstić information content (AvgIpc) is 2.39. The van der Waals surface area contributed by atoms with Crippen LogP contribution in [-0.2, 0) is 4.79 Å². The summed E-state index contributed by atoms with van der Waals surface area (Å²) in [6.07, 6.45) is -0.585. The second kappa shape index (κ2) is 6.06. The first-order chi connectivity index (χ1) is 8.77. The fraction of sp³-hybridized carbons (Fsp3) is 0.533. The molecular formula is C15H23NO3. The van der Waals surface area contributed by atoms with Crippen LogP contribution in [0.5, 0.6) is 5.75 Å². The Morgan fingerprint density at radius 1 is 1.37 bits per heavy atom. The summed E-state index contributed by atoms with van der Waals surface area (Å²) in [5, 5.41) is 9.28. The molecule has 0 saturated carbocycles. The molecule has 1 N–H and O–H groups in total. The second-order valence-corrected chi connectivity index (χ2v) is 5.44. The molecule has 106 valence electrons. The molecule has 0 fully saturated rings. The topological polar surface area (TPSA) is 49.8 Å². The average molecular weight is 265 g/mol. The van der Waals surface area contributed by atoms with Gasteiger partial charge < -0.3 is 14.7 Å². The van der Waals surface area contributed by atoms with E-state index in [2.05, 4.69) is 0 Å². The van der Waals surface area contributed by atoms with Crippen LogP contribution in [0, 0.1) is 6.92 Å². The highest BCUT2D eigenvalue weighted by Crippen LogP contribution is 2.17. The number of aliphatic hydroxyl groups excluding tert-OH is 1. The molecule has 0 spiro atoms. The maximum atomic E-state index is 12.2. The zero-order valence-electron chi connectivity index (χ0n) is 12.3. The lowest BCUT2D eigenvalue weighted by atomic mass is 10.0. The van der Waals surface area contributed by atoms with E-state index in [1.807, 2.05) is 45.0 Å². The van der Waals surface area contributed by atoms with Gasteiger partial charge >= 0.3 is 0 Å². The van der Waals surface area contributed by atoms with Gasteiger partial charge in [-0.05, 0) is 39.8 Å². The van der Waals surface area contributed by atoms with E-state index >= 15 is 0 Å². The molecule has 4 nitrogen and oxygen atoms in total. The number of likely N-dealkylation sites (N-methyl/N-ethyl adjacent to an activating group) is 1. The van der Waals surface area contributed by atoms with Crippen LogP contribution in [0.25, 0.3) is 0 Å². The van der Waals surface area contributed by atoms with Crippen molar-refractivity contribution < 1.29 is 14.6 Å². The summed E-state index contributed by atoms with van der Waals surface area (Å²) in [5.41, 5.74) is 0.548. The van der Waals surface area contributed by atoms with E-state index in [-0.39, 0.29) is 12.5 Å². The summed E-state index contributed by atoms with van der Waals surface area (Å²) >= 11 is 0. The first-order valence-electron chi connectivity index (χ1n) is 6.40. The molecule has 4 heteroatoms. The number of ether oxygens (including phenoxy) is 1. The van der Waals surface area contributed by atoms with Crippen LogP contribution >= 0.6 is 0 Å². The molecule has 0 aliphatic heterocycles. The Morgan fingerprint density at radius 3 is 2.37 bits per heavy atom. The van der Waals surface area contributed by atoms with Crippen LogP contribution in [0.15, 0.2) is 24.3 Å². The molecule has 1 amide bonds. The van der Waals surface area contributed by atoms with Crippen molar-refractivity contribution in [3.05, 3.63) is 29.8 Å². The van der Waals surface area contributed by atoms with Gasteiger partial charge in [0.15, 0.2) is 6.10 Å². The van der Waals surface area contributed by atoms with Gasteiger partial charge in [0.1, 0.15) is 5.75 Å². The SMILES string of the molecule is Cc1ccc(OC(C)C(=O)N(C)C(C)(C)CO)cc1. The molecule has 1 aromatic carbocycles. The number of aliphatic hydroxyl groups is 1. The maximum Gasteiger partial charge on any atom is 0.263 e. The Kier molecular flexibility index (Phi) is 4.95. The Balaban J connectivity index is 2.70. The van der Waals surface area contributed by atoms with Crippen molar-refractivity contribution in [3.8, 4) is 5.75 Å². The first-order valence-corrected chi connectivity index (χ1v) is 6.40. The van der Waals surface area contributed by atoms with E-state index in [9.17, 15) is 9.90 Å². The molecule has 19 heavy (non-hydrogen) atoms. The second-order valence-electron chi connectivity index (χ2n) is 5.44. The fourth-order valence-electron chi connectivity index (χ4n) is 1.55. The van der Waals surface area contributed by atoms with Crippen LogP contribution in [0.1, 0.15) is 26.3 Å². The van der Waals surface area contributed by atoms with Crippen LogP contribution < -0.4 is 4.74 Å². The van der Waals surface area contributed by atoms with Crippen molar-refractivity contribution in [1.82, 2.24) is 4.90 Å². The molecule has 0 aliphatic carbocycles. The Labute approximate surface area is 115 Å². The van der Waals surface area contributed by atoms with Crippen molar-refractivity contribution in [1.29, 1.82) is 0 Å². The number of rotatable bonds is 5. The van der Waals surface area contributed by atoms with Crippen molar-refractivity contribution in [3.63, 3.8) is 0 Å². The Hall–Kier alpha value is -1.55. The lowest BCUT2D eigenvalue weighted by Gasteiger charge is -2.35. The Morgan fingerprint density at radius 2 is 1.89 bits per heavy atom. The van der Waals surface area contributed by atoms with Crippen LogP contribution in [0.2, 0.25) is 0 Å². The normalized spacial score (nSPS) is 12.9. The highest BCUT2D eigenvalue weighted by Gasteiger charge is 2.30. The van der Waals surface area contributed by atoms with E-state index < -0.39 is 11.6 Å². The predicted octanol–water partition coefficient (Wildman–Crippen LogP) is 1.99. The maximum absolute atomic E-state index is 12.2. The summed E-state index contributed by atoms with van der Waals surface area (Å²) < 4.78 is 5.62. The highest BCUT2D eigenvalue weighted by molar-refractivity contribution is 5.81. The van der Waals surface area contributed by atoms with Gasteiger partial charge in [0.2, 0.25) is 0 Å². The lowest BCUT2D eigenvalue weighted by Crippen LogP contribution is -2.51. The fourth-order valence-corrected chi connectivity index (χ4v) is 1.55. The summed E-state index contributed by atoms with van der Waals surface area (Å²) in [4.78, 5) is 13.7. The van der Waals surface area contributed by atoms with Crippen molar-refractivity contribution in [2.75, 3.05) is 13.7 Å². The van der Waals surface area contributed by atoms with Gasteiger partial charge in [-0.15, -0.1) is 0 Å². The quantitative estimate of drug-likeness (QED) is 0.885. The third kappa shape index (κ3) is 3.96. The van der Waals surface area contributed by atoms with Crippen LogP contribution in [0.3, 0.4) is 0 Å². The summed E-state index contributed by atoms with van der Waals surface area (Å²) in [5.74, 6) is 0.515. The van der Waals surface area contributed by atoms with Crippen molar-refractivity contribution in [2.24, 2.45) is 0 Å². The number of aryl methyl sites for hydroxylation is 1. The van der Waals surface area contributed by atoms with Gasteiger partial charge in [0, 0.05) is 7.05 Å². The summed E-state index contributed by atoms with van der Waals surface area (Å²) in [6.45, 7) is 7.24. The zero-order valence-corrected chi connectivity index (χ0v) is 12.3. The molecule has 0 aromatic heterocycles. The minimum Gasteiger partial charge on any atom is -0.481 e. The number of nitrogens with zero attached hydrogens (tertiary/aromatic N) is 1. The number of hydrogen-bond acceptors (Lipinski definition) is 3.